The Morgan fingerprint density at radius 3 is 2.67 bits per heavy atom. The fraction of sp³-hybridized carbons (Fsp3) is 0.214. The first kappa shape index (κ1) is 14.7. The molecular formula is C14H13FN2O4. The van der Waals surface area contributed by atoms with Gasteiger partial charge in [-0.15, -0.1) is 0 Å². The van der Waals surface area contributed by atoms with Crippen LogP contribution in [-0.2, 0) is 16.1 Å². The average molecular weight is 292 g/mol. The average Bonchev–Trinajstić information content (AvgIpc) is 2.49. The van der Waals surface area contributed by atoms with Gasteiger partial charge in [0.05, 0.1) is 19.9 Å². The van der Waals surface area contributed by atoms with Crippen molar-refractivity contribution in [3.8, 4) is 17.0 Å². The molecule has 1 aromatic carbocycles. The molecule has 0 unspecified atom stereocenters. The topological polar surface area (TPSA) is 70.4 Å². The zero-order chi connectivity index (χ0) is 15.4. The van der Waals surface area contributed by atoms with Gasteiger partial charge < -0.3 is 9.47 Å². The fourth-order valence-electron chi connectivity index (χ4n) is 1.72. The van der Waals surface area contributed by atoms with Gasteiger partial charge in [-0.25, -0.2) is 9.07 Å². The second-order valence-electron chi connectivity index (χ2n) is 4.14. The Labute approximate surface area is 119 Å². The van der Waals surface area contributed by atoms with Crippen LogP contribution in [0.15, 0.2) is 35.1 Å². The molecule has 0 saturated heterocycles. The molecular weight excluding hydrogens is 279 g/mol. The van der Waals surface area contributed by atoms with Gasteiger partial charge >= 0.3 is 5.97 Å². The van der Waals surface area contributed by atoms with E-state index in [-0.39, 0.29) is 17.8 Å². The molecule has 6 nitrogen and oxygen atoms in total. The third-order valence-corrected chi connectivity index (χ3v) is 2.83. The minimum atomic E-state index is -0.614. The van der Waals surface area contributed by atoms with Crippen molar-refractivity contribution >= 4 is 5.97 Å². The van der Waals surface area contributed by atoms with Crippen LogP contribution in [0.5, 0.6) is 5.75 Å². The molecule has 0 aliphatic rings. The van der Waals surface area contributed by atoms with Crippen molar-refractivity contribution < 1.29 is 18.7 Å². The lowest BCUT2D eigenvalue weighted by Gasteiger charge is -2.08. The minimum absolute atomic E-state index is 0.203. The second kappa shape index (κ2) is 6.17. The van der Waals surface area contributed by atoms with Crippen LogP contribution >= 0.6 is 0 Å². The number of hydrogen-bond acceptors (Lipinski definition) is 5. The maximum Gasteiger partial charge on any atom is 0.327 e. The van der Waals surface area contributed by atoms with Crippen LogP contribution < -0.4 is 10.3 Å². The van der Waals surface area contributed by atoms with Gasteiger partial charge in [-0.1, -0.05) is 0 Å². The van der Waals surface area contributed by atoms with Crippen LogP contribution in [0.2, 0.25) is 0 Å². The third kappa shape index (κ3) is 3.25. The first-order valence-electron chi connectivity index (χ1n) is 6.04. The van der Waals surface area contributed by atoms with E-state index in [4.69, 9.17) is 4.74 Å². The van der Waals surface area contributed by atoms with E-state index in [9.17, 15) is 14.0 Å². The maximum atomic E-state index is 14.0. The SMILES string of the molecule is COC(=O)Cn1nc(-c2ccc(OC)cc2F)ccc1=O. The van der Waals surface area contributed by atoms with Gasteiger partial charge in [0, 0.05) is 17.7 Å². The highest BCUT2D eigenvalue weighted by atomic mass is 19.1. The number of carbonyl (C=O) groups is 1. The molecule has 2 aromatic rings. The number of rotatable bonds is 4. The van der Waals surface area contributed by atoms with Crippen LogP contribution in [0, 0.1) is 5.82 Å². The summed E-state index contributed by atoms with van der Waals surface area (Å²) < 4.78 is 24.3. The van der Waals surface area contributed by atoms with Crippen LogP contribution in [0.25, 0.3) is 11.3 Å². The molecule has 0 saturated carbocycles. The van der Waals surface area contributed by atoms with E-state index in [1.807, 2.05) is 0 Å². The van der Waals surface area contributed by atoms with Crippen molar-refractivity contribution in [3.05, 3.63) is 46.5 Å². The highest BCUT2D eigenvalue weighted by molar-refractivity contribution is 5.69. The van der Waals surface area contributed by atoms with Crippen LogP contribution in [0.4, 0.5) is 4.39 Å². The molecule has 0 bridgehead atoms. The van der Waals surface area contributed by atoms with E-state index in [2.05, 4.69) is 9.84 Å². The first-order chi connectivity index (χ1) is 10.0. The molecule has 0 N–H and O–H groups in total. The smallest absolute Gasteiger partial charge is 0.327 e. The summed E-state index contributed by atoms with van der Waals surface area (Å²) in [6.45, 7) is -0.332. The van der Waals surface area contributed by atoms with Gasteiger partial charge in [-0.2, -0.15) is 5.10 Å². The van der Waals surface area contributed by atoms with Crippen molar-refractivity contribution in [3.63, 3.8) is 0 Å². The molecule has 0 atom stereocenters. The summed E-state index contributed by atoms with van der Waals surface area (Å²) in [5.74, 6) is -0.777. The summed E-state index contributed by atoms with van der Waals surface area (Å²) in [6.07, 6.45) is 0. The molecule has 0 aliphatic carbocycles. The lowest BCUT2D eigenvalue weighted by molar-refractivity contribution is -0.141. The molecule has 21 heavy (non-hydrogen) atoms. The Hall–Kier alpha value is -2.70. The van der Waals surface area contributed by atoms with Crippen molar-refractivity contribution in [2.45, 2.75) is 6.54 Å². The predicted octanol–water partition coefficient (Wildman–Crippen LogP) is 1.23. The van der Waals surface area contributed by atoms with Crippen LogP contribution in [0.1, 0.15) is 0 Å². The molecule has 0 fully saturated rings. The fourth-order valence-corrected chi connectivity index (χ4v) is 1.72. The Bertz CT molecular complexity index is 727. The number of methoxy groups -OCH3 is 2. The number of aromatic nitrogens is 2. The van der Waals surface area contributed by atoms with Gasteiger partial charge in [0.15, 0.2) is 0 Å². The summed E-state index contributed by atoms with van der Waals surface area (Å²) >= 11 is 0. The van der Waals surface area contributed by atoms with E-state index >= 15 is 0 Å². The van der Waals surface area contributed by atoms with E-state index in [1.54, 1.807) is 6.07 Å². The molecule has 7 heteroatoms. The lowest BCUT2D eigenvalue weighted by Crippen LogP contribution is -2.26. The number of halogens is 1. The monoisotopic (exact) mass is 292 g/mol. The van der Waals surface area contributed by atoms with Gasteiger partial charge in [0.1, 0.15) is 18.1 Å². The Kier molecular flexibility index (Phi) is 4.32. The van der Waals surface area contributed by atoms with Gasteiger partial charge in [0.25, 0.3) is 5.56 Å². The standard InChI is InChI=1S/C14H13FN2O4/c1-20-9-3-4-10(11(15)7-9)12-5-6-13(18)17(16-12)8-14(19)21-2/h3-7H,8H2,1-2H3. The maximum absolute atomic E-state index is 14.0. The normalized spacial score (nSPS) is 10.2. The van der Waals surface area contributed by atoms with E-state index in [1.165, 1.54) is 38.5 Å². The van der Waals surface area contributed by atoms with Crippen molar-refractivity contribution in [2.75, 3.05) is 14.2 Å². The summed E-state index contributed by atoms with van der Waals surface area (Å²) in [7, 11) is 2.64. The second-order valence-corrected chi connectivity index (χ2v) is 4.14. The van der Waals surface area contributed by atoms with Crippen LogP contribution in [-0.4, -0.2) is 30.0 Å². The summed E-state index contributed by atoms with van der Waals surface area (Å²) in [4.78, 5) is 22.8. The highest BCUT2D eigenvalue weighted by Crippen LogP contribution is 2.23. The molecule has 0 aliphatic heterocycles. The van der Waals surface area contributed by atoms with E-state index in [0.717, 1.165) is 4.68 Å². The van der Waals surface area contributed by atoms with Crippen molar-refractivity contribution in [1.29, 1.82) is 0 Å². The number of carbonyl (C=O) groups excluding carboxylic acids is 1. The number of esters is 1. The zero-order valence-electron chi connectivity index (χ0n) is 11.5. The first-order valence-corrected chi connectivity index (χ1v) is 6.04. The largest absolute Gasteiger partial charge is 0.497 e. The number of benzene rings is 1. The minimum Gasteiger partial charge on any atom is -0.497 e. The Morgan fingerprint density at radius 2 is 2.05 bits per heavy atom. The molecule has 110 valence electrons. The molecule has 0 spiro atoms. The quantitative estimate of drug-likeness (QED) is 0.793. The highest BCUT2D eigenvalue weighted by Gasteiger charge is 2.11. The molecule has 1 aromatic heterocycles. The Balaban J connectivity index is 2.43. The molecule has 2 rings (SSSR count). The molecule has 0 radical (unpaired) electrons. The van der Waals surface area contributed by atoms with E-state index < -0.39 is 17.3 Å². The molecule has 0 amide bonds. The Morgan fingerprint density at radius 1 is 1.29 bits per heavy atom. The zero-order valence-corrected chi connectivity index (χ0v) is 11.5. The van der Waals surface area contributed by atoms with Gasteiger partial charge in [0.2, 0.25) is 0 Å². The molecule has 1 heterocycles. The van der Waals surface area contributed by atoms with Crippen LogP contribution in [0.3, 0.4) is 0 Å². The van der Waals surface area contributed by atoms with Gasteiger partial charge in [-0.05, 0) is 18.2 Å². The number of ether oxygens (including phenoxy) is 2. The predicted molar refractivity (Wildman–Crippen MR) is 72.5 cm³/mol. The summed E-state index contributed by atoms with van der Waals surface area (Å²) in [6, 6.07) is 6.89. The summed E-state index contributed by atoms with van der Waals surface area (Å²) in [5, 5.41) is 3.97. The lowest BCUT2D eigenvalue weighted by atomic mass is 10.1. The van der Waals surface area contributed by atoms with Crippen molar-refractivity contribution in [1.82, 2.24) is 9.78 Å². The van der Waals surface area contributed by atoms with Gasteiger partial charge in [-0.3, -0.25) is 9.59 Å². The van der Waals surface area contributed by atoms with E-state index in [0.29, 0.717) is 5.75 Å². The number of nitrogens with zero attached hydrogens (tertiary/aromatic N) is 2. The summed E-state index contributed by atoms with van der Waals surface area (Å²) in [5.41, 5.74) is -0.0360. The number of hydrogen-bond donors (Lipinski definition) is 0. The van der Waals surface area contributed by atoms with Crippen molar-refractivity contribution in [2.24, 2.45) is 0 Å². The third-order valence-electron chi connectivity index (χ3n) is 2.83.